The van der Waals surface area contributed by atoms with Crippen LogP contribution in [0.4, 0.5) is 0 Å². The Morgan fingerprint density at radius 2 is 1.94 bits per heavy atom. The summed E-state index contributed by atoms with van der Waals surface area (Å²) in [5.74, 6) is 0.343. The normalized spacial score (nSPS) is 17.0. The zero-order valence-corrected chi connectivity index (χ0v) is 10.2. The van der Waals surface area contributed by atoms with E-state index < -0.39 is 0 Å². The first kappa shape index (κ1) is 10.7. The summed E-state index contributed by atoms with van der Waals surface area (Å²) in [6, 6.07) is 7.76. The lowest BCUT2D eigenvalue weighted by Gasteiger charge is -2.14. The highest BCUT2D eigenvalue weighted by atomic mass is 16.3. The molecule has 3 heteroatoms. The fourth-order valence-electron chi connectivity index (χ4n) is 2.72. The van der Waals surface area contributed by atoms with Crippen LogP contribution in [0.5, 0.6) is 5.75 Å². The van der Waals surface area contributed by atoms with Crippen molar-refractivity contribution >= 4 is 10.9 Å². The zero-order chi connectivity index (χ0) is 11.8. The van der Waals surface area contributed by atoms with E-state index in [1.807, 2.05) is 12.1 Å². The van der Waals surface area contributed by atoms with E-state index in [4.69, 9.17) is 0 Å². The van der Waals surface area contributed by atoms with E-state index in [9.17, 15) is 5.11 Å². The van der Waals surface area contributed by atoms with Crippen molar-refractivity contribution < 1.29 is 5.11 Å². The highest BCUT2D eigenvalue weighted by molar-refractivity contribution is 5.82. The highest BCUT2D eigenvalue weighted by Crippen LogP contribution is 2.24. The number of phenolic OH excluding ortho intramolecular Hbond substituents is 1. The Hall–Kier alpha value is -1.48. The number of aryl methyl sites for hydroxylation is 1. The number of hydrogen-bond acceptors (Lipinski definition) is 2. The molecule has 1 aliphatic heterocycles. The fourth-order valence-corrected chi connectivity index (χ4v) is 2.72. The van der Waals surface area contributed by atoms with Gasteiger partial charge in [-0.05, 0) is 50.2 Å². The van der Waals surface area contributed by atoms with E-state index in [1.165, 1.54) is 37.1 Å². The fraction of sp³-hybridized carbons (Fsp3) is 0.429. The van der Waals surface area contributed by atoms with Crippen LogP contribution in [0.25, 0.3) is 10.9 Å². The third-order valence-electron chi connectivity index (χ3n) is 3.71. The third kappa shape index (κ3) is 1.91. The van der Waals surface area contributed by atoms with E-state index in [1.54, 1.807) is 6.07 Å². The molecule has 0 bridgehead atoms. The van der Waals surface area contributed by atoms with Crippen molar-refractivity contribution in [2.75, 3.05) is 13.1 Å². The highest BCUT2D eigenvalue weighted by Gasteiger charge is 2.14. The van der Waals surface area contributed by atoms with Crippen LogP contribution in [0, 0.1) is 0 Å². The van der Waals surface area contributed by atoms with E-state index in [0.29, 0.717) is 5.75 Å². The van der Waals surface area contributed by atoms with Gasteiger partial charge in [0.1, 0.15) is 5.75 Å². The van der Waals surface area contributed by atoms with E-state index in [-0.39, 0.29) is 0 Å². The monoisotopic (exact) mass is 230 g/mol. The van der Waals surface area contributed by atoms with Gasteiger partial charge in [-0.1, -0.05) is 0 Å². The third-order valence-corrected chi connectivity index (χ3v) is 3.71. The van der Waals surface area contributed by atoms with Gasteiger partial charge in [-0.3, -0.25) is 4.90 Å². The van der Waals surface area contributed by atoms with Gasteiger partial charge in [-0.15, -0.1) is 0 Å². The maximum absolute atomic E-state index is 9.49. The van der Waals surface area contributed by atoms with Crippen LogP contribution in [0.2, 0.25) is 0 Å². The minimum absolute atomic E-state index is 0.343. The number of likely N-dealkylation sites (tertiary alicyclic amines) is 1. The molecule has 3 nitrogen and oxygen atoms in total. The van der Waals surface area contributed by atoms with Crippen molar-refractivity contribution in [3.8, 4) is 5.75 Å². The molecule has 0 spiro atoms. The topological polar surface area (TPSA) is 28.4 Å². The summed E-state index contributed by atoms with van der Waals surface area (Å²) < 4.78 is 2.23. The molecule has 17 heavy (non-hydrogen) atoms. The molecule has 1 saturated heterocycles. The van der Waals surface area contributed by atoms with Gasteiger partial charge in [0.15, 0.2) is 0 Å². The number of benzene rings is 1. The first-order chi connectivity index (χ1) is 8.24. The van der Waals surface area contributed by atoms with Crippen LogP contribution in [0.1, 0.15) is 18.5 Å². The number of aromatic nitrogens is 1. The van der Waals surface area contributed by atoms with Crippen molar-refractivity contribution in [2.24, 2.45) is 7.05 Å². The summed E-state index contributed by atoms with van der Waals surface area (Å²) in [7, 11) is 2.10. The van der Waals surface area contributed by atoms with Crippen LogP contribution in [0.15, 0.2) is 24.3 Å². The predicted octanol–water partition coefficient (Wildman–Crippen LogP) is 2.48. The SMILES string of the molecule is Cn1c(CN2CCCC2)cc2cc(O)ccc21. The van der Waals surface area contributed by atoms with Crippen LogP contribution in [-0.2, 0) is 13.6 Å². The summed E-state index contributed by atoms with van der Waals surface area (Å²) >= 11 is 0. The lowest BCUT2D eigenvalue weighted by Crippen LogP contribution is -2.19. The predicted molar refractivity (Wildman–Crippen MR) is 69.1 cm³/mol. The van der Waals surface area contributed by atoms with Gasteiger partial charge in [0, 0.05) is 30.2 Å². The minimum atomic E-state index is 0.343. The number of fused-ring (bicyclic) bond motifs is 1. The Labute approximate surface area is 101 Å². The van der Waals surface area contributed by atoms with Crippen molar-refractivity contribution in [3.63, 3.8) is 0 Å². The van der Waals surface area contributed by atoms with Crippen molar-refractivity contribution in [1.29, 1.82) is 0 Å². The lowest BCUT2D eigenvalue weighted by atomic mass is 10.2. The first-order valence-corrected chi connectivity index (χ1v) is 6.24. The van der Waals surface area contributed by atoms with Crippen LogP contribution < -0.4 is 0 Å². The molecule has 1 aromatic heterocycles. The molecule has 1 aliphatic rings. The van der Waals surface area contributed by atoms with Crippen LogP contribution in [0.3, 0.4) is 0 Å². The molecular weight excluding hydrogens is 212 g/mol. The average molecular weight is 230 g/mol. The molecule has 0 saturated carbocycles. The minimum Gasteiger partial charge on any atom is -0.508 e. The zero-order valence-electron chi connectivity index (χ0n) is 10.2. The van der Waals surface area contributed by atoms with E-state index >= 15 is 0 Å². The number of aromatic hydroxyl groups is 1. The Balaban J connectivity index is 1.96. The van der Waals surface area contributed by atoms with Gasteiger partial charge in [-0.25, -0.2) is 0 Å². The van der Waals surface area contributed by atoms with Gasteiger partial charge in [0.25, 0.3) is 0 Å². The van der Waals surface area contributed by atoms with E-state index in [0.717, 1.165) is 11.9 Å². The molecule has 3 rings (SSSR count). The molecule has 0 unspecified atom stereocenters. The van der Waals surface area contributed by atoms with Gasteiger partial charge in [-0.2, -0.15) is 0 Å². The smallest absolute Gasteiger partial charge is 0.116 e. The van der Waals surface area contributed by atoms with Crippen molar-refractivity contribution in [2.45, 2.75) is 19.4 Å². The van der Waals surface area contributed by atoms with Gasteiger partial charge < -0.3 is 9.67 Å². The molecule has 1 N–H and O–H groups in total. The summed E-state index contributed by atoms with van der Waals surface area (Å²) in [5, 5.41) is 10.6. The molecule has 0 amide bonds. The van der Waals surface area contributed by atoms with Crippen molar-refractivity contribution in [1.82, 2.24) is 9.47 Å². The quantitative estimate of drug-likeness (QED) is 0.858. The first-order valence-electron chi connectivity index (χ1n) is 6.24. The maximum atomic E-state index is 9.49. The largest absolute Gasteiger partial charge is 0.508 e. The average Bonchev–Trinajstić information content (AvgIpc) is 2.89. The summed E-state index contributed by atoms with van der Waals surface area (Å²) in [4.78, 5) is 2.49. The van der Waals surface area contributed by atoms with Gasteiger partial charge in [0.05, 0.1) is 0 Å². The molecule has 1 fully saturated rings. The number of phenols is 1. The molecule has 2 heterocycles. The molecular formula is C14H18N2O. The van der Waals surface area contributed by atoms with Crippen LogP contribution in [-0.4, -0.2) is 27.7 Å². The van der Waals surface area contributed by atoms with Crippen LogP contribution >= 0.6 is 0 Å². The molecule has 2 aromatic rings. The maximum Gasteiger partial charge on any atom is 0.116 e. The molecule has 0 atom stereocenters. The molecule has 0 radical (unpaired) electrons. The number of hydrogen-bond donors (Lipinski definition) is 1. The Morgan fingerprint density at radius 3 is 2.71 bits per heavy atom. The second-order valence-electron chi connectivity index (χ2n) is 4.92. The Kier molecular flexibility index (Phi) is 2.56. The number of nitrogens with zero attached hydrogens (tertiary/aromatic N) is 2. The second-order valence-corrected chi connectivity index (χ2v) is 4.92. The van der Waals surface area contributed by atoms with Gasteiger partial charge in [0.2, 0.25) is 0 Å². The van der Waals surface area contributed by atoms with E-state index in [2.05, 4.69) is 22.6 Å². The molecule has 1 aromatic carbocycles. The lowest BCUT2D eigenvalue weighted by molar-refractivity contribution is 0.324. The Bertz CT molecular complexity index is 538. The van der Waals surface area contributed by atoms with Crippen molar-refractivity contribution in [3.05, 3.63) is 30.0 Å². The number of rotatable bonds is 2. The molecule has 0 aliphatic carbocycles. The second kappa shape index (κ2) is 4.08. The van der Waals surface area contributed by atoms with Gasteiger partial charge >= 0.3 is 0 Å². The summed E-state index contributed by atoms with van der Waals surface area (Å²) in [5.41, 5.74) is 2.52. The summed E-state index contributed by atoms with van der Waals surface area (Å²) in [6.07, 6.45) is 2.65. The Morgan fingerprint density at radius 1 is 1.18 bits per heavy atom. The summed E-state index contributed by atoms with van der Waals surface area (Å²) in [6.45, 7) is 3.45. The standard InChI is InChI=1S/C14H18N2O/c1-15-12(10-16-6-2-3-7-16)8-11-9-13(17)4-5-14(11)15/h4-5,8-9,17H,2-3,6-7,10H2,1H3. The molecule has 90 valence electrons.